The minimum absolute atomic E-state index is 0.0300. The number of carbonyl (C=O) groups excluding carboxylic acids is 1. The summed E-state index contributed by atoms with van der Waals surface area (Å²) in [6.07, 6.45) is 15.6. The smallest absolute Gasteiger partial charge is 0.139 e. The van der Waals surface area contributed by atoms with E-state index in [1.54, 1.807) is 0 Å². The van der Waals surface area contributed by atoms with Gasteiger partial charge in [0.2, 0.25) is 0 Å². The van der Waals surface area contributed by atoms with Crippen LogP contribution >= 0.6 is 0 Å². The lowest BCUT2D eigenvalue weighted by atomic mass is 9.62. The van der Waals surface area contributed by atoms with Gasteiger partial charge in [0, 0.05) is 24.9 Å². The van der Waals surface area contributed by atoms with E-state index in [0.29, 0.717) is 0 Å². The van der Waals surface area contributed by atoms with Crippen molar-refractivity contribution in [2.45, 2.75) is 103 Å². The number of Topliss-reactive ketones (excluding diaryl/α,β-unsaturated/α-hetero) is 1. The SMILES string of the molecule is CCCCC1([C@H](O)/C=C/[C@H]2[C@H](O)CC(=O)[C@@H]2CCCCCCCO)CCC1. The maximum Gasteiger partial charge on any atom is 0.139 e. The molecule has 0 aromatic rings. The Labute approximate surface area is 165 Å². The van der Waals surface area contributed by atoms with E-state index in [1.807, 2.05) is 12.2 Å². The molecule has 0 heterocycles. The Kier molecular flexibility index (Phi) is 9.47. The fraction of sp³-hybridized carbons (Fsp3) is 0.870. The van der Waals surface area contributed by atoms with Crippen LogP contribution in [0, 0.1) is 17.3 Å². The third-order valence-electron chi connectivity index (χ3n) is 6.93. The van der Waals surface area contributed by atoms with Crippen LogP contribution in [0.4, 0.5) is 0 Å². The first kappa shape index (κ1) is 22.6. The van der Waals surface area contributed by atoms with E-state index in [1.165, 1.54) is 6.42 Å². The number of unbranched alkanes of at least 4 members (excludes halogenated alkanes) is 5. The van der Waals surface area contributed by atoms with Crippen LogP contribution in [0.2, 0.25) is 0 Å². The number of carbonyl (C=O) groups is 1. The normalized spacial score (nSPS) is 28.6. The Morgan fingerprint density at radius 3 is 2.48 bits per heavy atom. The zero-order chi connectivity index (χ0) is 19.7. The van der Waals surface area contributed by atoms with Crippen molar-refractivity contribution in [3.8, 4) is 0 Å². The maximum absolute atomic E-state index is 12.3. The van der Waals surface area contributed by atoms with Crippen molar-refractivity contribution >= 4 is 5.78 Å². The lowest BCUT2D eigenvalue weighted by Crippen LogP contribution is -2.40. The molecule has 4 atom stereocenters. The Hall–Kier alpha value is -0.710. The molecule has 0 spiro atoms. The van der Waals surface area contributed by atoms with E-state index in [0.717, 1.165) is 70.6 Å². The molecule has 2 aliphatic carbocycles. The van der Waals surface area contributed by atoms with Crippen LogP contribution in [0.3, 0.4) is 0 Å². The number of hydrogen-bond donors (Lipinski definition) is 3. The van der Waals surface area contributed by atoms with E-state index < -0.39 is 12.2 Å². The standard InChI is InChI=1S/C23H40O4/c1-2-3-13-23(14-9-15-23)22(27)12-11-19-18(20(25)17-21(19)26)10-7-5-4-6-8-16-24/h11-12,18-19,21-22,24,26-27H,2-10,13-17H2,1H3/b12-11+/t18-,19-,21-,22-/m1/s1. The van der Waals surface area contributed by atoms with Gasteiger partial charge in [-0.25, -0.2) is 0 Å². The molecule has 0 amide bonds. The van der Waals surface area contributed by atoms with Crippen LogP contribution in [0.15, 0.2) is 12.2 Å². The van der Waals surface area contributed by atoms with Crippen molar-refractivity contribution in [2.24, 2.45) is 17.3 Å². The molecular weight excluding hydrogens is 340 g/mol. The minimum Gasteiger partial charge on any atom is -0.396 e. The quantitative estimate of drug-likeness (QED) is 0.331. The van der Waals surface area contributed by atoms with Crippen LogP contribution in [0.25, 0.3) is 0 Å². The summed E-state index contributed by atoms with van der Waals surface area (Å²) in [7, 11) is 0. The first-order valence-corrected chi connectivity index (χ1v) is 11.2. The summed E-state index contributed by atoms with van der Waals surface area (Å²) in [6, 6.07) is 0. The van der Waals surface area contributed by atoms with Gasteiger partial charge in [-0.3, -0.25) is 4.79 Å². The van der Waals surface area contributed by atoms with Gasteiger partial charge in [-0.1, -0.05) is 64.0 Å². The third-order valence-corrected chi connectivity index (χ3v) is 6.93. The Morgan fingerprint density at radius 2 is 1.85 bits per heavy atom. The second kappa shape index (κ2) is 11.3. The van der Waals surface area contributed by atoms with Gasteiger partial charge >= 0.3 is 0 Å². The van der Waals surface area contributed by atoms with Gasteiger partial charge in [-0.15, -0.1) is 0 Å². The number of ketones is 1. The molecule has 0 bridgehead atoms. The van der Waals surface area contributed by atoms with Crippen molar-refractivity contribution in [3.63, 3.8) is 0 Å². The van der Waals surface area contributed by atoms with Crippen LogP contribution in [0.1, 0.15) is 90.4 Å². The topological polar surface area (TPSA) is 77.8 Å². The van der Waals surface area contributed by atoms with Crippen LogP contribution in [-0.2, 0) is 4.79 Å². The lowest BCUT2D eigenvalue weighted by Gasteiger charge is -2.45. The van der Waals surface area contributed by atoms with Gasteiger partial charge in [0.25, 0.3) is 0 Å². The molecule has 0 saturated heterocycles. The lowest BCUT2D eigenvalue weighted by molar-refractivity contribution is -0.121. The average Bonchev–Trinajstić information content (AvgIpc) is 2.88. The molecule has 2 aliphatic rings. The summed E-state index contributed by atoms with van der Waals surface area (Å²) >= 11 is 0. The summed E-state index contributed by atoms with van der Waals surface area (Å²) in [5.74, 6) is -0.0755. The van der Waals surface area contributed by atoms with Crippen LogP contribution in [-0.4, -0.2) is 39.9 Å². The molecule has 156 valence electrons. The highest BCUT2D eigenvalue weighted by molar-refractivity contribution is 5.84. The highest BCUT2D eigenvalue weighted by Gasteiger charge is 2.43. The monoisotopic (exact) mass is 380 g/mol. The first-order valence-electron chi connectivity index (χ1n) is 11.2. The highest BCUT2D eigenvalue weighted by Crippen LogP contribution is 2.48. The molecule has 0 aromatic heterocycles. The molecule has 2 rings (SSSR count). The van der Waals surface area contributed by atoms with Crippen molar-refractivity contribution in [1.29, 1.82) is 0 Å². The predicted molar refractivity (Wildman–Crippen MR) is 108 cm³/mol. The minimum atomic E-state index is -0.603. The molecule has 2 saturated carbocycles. The summed E-state index contributed by atoms with van der Waals surface area (Å²) in [5, 5.41) is 29.9. The summed E-state index contributed by atoms with van der Waals surface area (Å²) < 4.78 is 0. The van der Waals surface area contributed by atoms with Crippen molar-refractivity contribution in [2.75, 3.05) is 6.61 Å². The molecule has 27 heavy (non-hydrogen) atoms. The molecule has 0 aromatic carbocycles. The molecule has 4 nitrogen and oxygen atoms in total. The van der Waals surface area contributed by atoms with Crippen molar-refractivity contribution in [3.05, 3.63) is 12.2 Å². The summed E-state index contributed by atoms with van der Waals surface area (Å²) in [4.78, 5) is 12.3. The third kappa shape index (κ3) is 6.13. The zero-order valence-corrected chi connectivity index (χ0v) is 17.1. The predicted octanol–water partition coefficient (Wildman–Crippen LogP) is 4.16. The maximum atomic E-state index is 12.3. The van der Waals surface area contributed by atoms with Crippen molar-refractivity contribution < 1.29 is 20.1 Å². The van der Waals surface area contributed by atoms with Gasteiger partial charge in [0.15, 0.2) is 0 Å². The molecule has 4 heteroatoms. The van der Waals surface area contributed by atoms with Gasteiger partial charge in [0.1, 0.15) is 5.78 Å². The van der Waals surface area contributed by atoms with E-state index in [9.17, 15) is 15.0 Å². The van der Waals surface area contributed by atoms with Gasteiger partial charge in [-0.05, 0) is 37.5 Å². The summed E-state index contributed by atoms with van der Waals surface area (Å²) in [6.45, 7) is 2.44. The number of aliphatic hydroxyl groups is 3. The van der Waals surface area contributed by atoms with Gasteiger partial charge < -0.3 is 15.3 Å². The Bertz CT molecular complexity index is 469. The number of rotatable bonds is 13. The van der Waals surface area contributed by atoms with Gasteiger partial charge in [-0.2, -0.15) is 0 Å². The Balaban J connectivity index is 1.87. The first-order chi connectivity index (χ1) is 13.0. The second-order valence-corrected chi connectivity index (χ2v) is 8.85. The fourth-order valence-corrected chi connectivity index (χ4v) is 4.89. The van der Waals surface area contributed by atoms with E-state index in [4.69, 9.17) is 5.11 Å². The average molecular weight is 381 g/mol. The molecular formula is C23H40O4. The fourth-order valence-electron chi connectivity index (χ4n) is 4.89. The molecule has 0 radical (unpaired) electrons. The van der Waals surface area contributed by atoms with Crippen LogP contribution in [0.5, 0.6) is 0 Å². The van der Waals surface area contributed by atoms with Crippen LogP contribution < -0.4 is 0 Å². The van der Waals surface area contributed by atoms with Gasteiger partial charge in [0.05, 0.1) is 12.2 Å². The molecule has 3 N–H and O–H groups in total. The number of hydrogen-bond acceptors (Lipinski definition) is 4. The highest BCUT2D eigenvalue weighted by atomic mass is 16.3. The zero-order valence-electron chi connectivity index (χ0n) is 17.1. The molecule has 2 fully saturated rings. The van der Waals surface area contributed by atoms with E-state index >= 15 is 0 Å². The summed E-state index contributed by atoms with van der Waals surface area (Å²) in [5.41, 5.74) is 0.0300. The molecule has 0 unspecified atom stereocenters. The molecule has 0 aliphatic heterocycles. The second-order valence-electron chi connectivity index (χ2n) is 8.85. The Morgan fingerprint density at radius 1 is 1.15 bits per heavy atom. The van der Waals surface area contributed by atoms with E-state index in [2.05, 4.69) is 6.92 Å². The van der Waals surface area contributed by atoms with E-state index in [-0.39, 0.29) is 36.1 Å². The largest absolute Gasteiger partial charge is 0.396 e. The van der Waals surface area contributed by atoms with Crippen molar-refractivity contribution in [1.82, 2.24) is 0 Å². The number of aliphatic hydroxyl groups excluding tert-OH is 3.